The summed E-state index contributed by atoms with van der Waals surface area (Å²) in [5.74, 6) is 1.64. The molecule has 0 aliphatic carbocycles. The monoisotopic (exact) mass is 412 g/mol. The number of benzene rings is 2. The van der Waals surface area contributed by atoms with Gasteiger partial charge in [-0.1, -0.05) is 23.8 Å². The van der Waals surface area contributed by atoms with Gasteiger partial charge in [0.05, 0.1) is 14.2 Å². The first-order valence-electron chi connectivity index (χ1n) is 10.4. The number of likely N-dealkylation sites (tertiary alicyclic amines) is 1. The van der Waals surface area contributed by atoms with E-state index in [0.29, 0.717) is 0 Å². The summed E-state index contributed by atoms with van der Waals surface area (Å²) >= 11 is 0. The molecule has 6 heteroatoms. The van der Waals surface area contributed by atoms with Crippen LogP contribution in [0.5, 0.6) is 11.5 Å². The van der Waals surface area contributed by atoms with Crippen LogP contribution in [0.4, 0.5) is 5.69 Å². The smallest absolute Gasteiger partial charge is 0.253 e. The number of amides is 1. The summed E-state index contributed by atoms with van der Waals surface area (Å²) in [5, 5.41) is 0. The highest BCUT2D eigenvalue weighted by molar-refractivity contribution is 5.94. The molecule has 1 amide bonds. The summed E-state index contributed by atoms with van der Waals surface area (Å²) in [5.41, 5.74) is 3.27. The molecule has 2 aromatic rings. The average Bonchev–Trinajstić information content (AvgIpc) is 2.77. The molecule has 1 aliphatic heterocycles. The number of methoxy groups -OCH3 is 3. The zero-order chi connectivity index (χ0) is 21.5. The molecule has 6 nitrogen and oxygen atoms in total. The average molecular weight is 413 g/mol. The van der Waals surface area contributed by atoms with Crippen LogP contribution in [-0.2, 0) is 16.1 Å². The van der Waals surface area contributed by atoms with Gasteiger partial charge >= 0.3 is 0 Å². The van der Waals surface area contributed by atoms with Crippen molar-refractivity contribution in [2.24, 2.45) is 0 Å². The summed E-state index contributed by atoms with van der Waals surface area (Å²) in [7, 11) is 4.91. The normalized spacial score (nSPS) is 15.1. The molecule has 2 aromatic carbocycles. The number of anilines is 1. The minimum atomic E-state index is 0.0108. The van der Waals surface area contributed by atoms with E-state index in [9.17, 15) is 4.79 Å². The number of ether oxygens (including phenoxy) is 3. The van der Waals surface area contributed by atoms with Crippen LogP contribution >= 0.6 is 0 Å². The van der Waals surface area contributed by atoms with Gasteiger partial charge in [0.15, 0.2) is 0 Å². The number of aryl methyl sites for hydroxylation is 1. The Labute approximate surface area is 179 Å². The molecule has 1 aliphatic rings. The predicted octanol–water partition coefficient (Wildman–Crippen LogP) is 3.66. The fourth-order valence-electron chi connectivity index (χ4n) is 4.02. The maximum atomic E-state index is 12.8. The van der Waals surface area contributed by atoms with Gasteiger partial charge in [0.25, 0.3) is 5.91 Å². The van der Waals surface area contributed by atoms with E-state index in [0.717, 1.165) is 55.2 Å². The highest BCUT2D eigenvalue weighted by Crippen LogP contribution is 2.29. The Bertz CT molecular complexity index is 830. The van der Waals surface area contributed by atoms with E-state index in [2.05, 4.69) is 17.9 Å². The van der Waals surface area contributed by atoms with Crippen molar-refractivity contribution in [3.8, 4) is 11.5 Å². The molecule has 0 saturated carbocycles. The van der Waals surface area contributed by atoms with Crippen molar-refractivity contribution in [1.29, 1.82) is 0 Å². The van der Waals surface area contributed by atoms with Crippen molar-refractivity contribution in [3.63, 3.8) is 0 Å². The fourth-order valence-corrected chi connectivity index (χ4v) is 4.02. The molecular weight excluding hydrogens is 380 g/mol. The first kappa shape index (κ1) is 22.1. The predicted molar refractivity (Wildman–Crippen MR) is 118 cm³/mol. The molecule has 0 aromatic heterocycles. The van der Waals surface area contributed by atoms with E-state index in [1.807, 2.05) is 41.3 Å². The van der Waals surface area contributed by atoms with Crippen LogP contribution in [0.25, 0.3) is 0 Å². The summed E-state index contributed by atoms with van der Waals surface area (Å²) in [4.78, 5) is 17.1. The Balaban J connectivity index is 1.68. The summed E-state index contributed by atoms with van der Waals surface area (Å²) in [6.45, 7) is 4.80. The second kappa shape index (κ2) is 10.5. The number of carbonyl (C=O) groups excluding carboxylic acids is 1. The molecule has 0 bridgehead atoms. The molecule has 0 N–H and O–H groups in total. The molecule has 30 heavy (non-hydrogen) atoms. The number of nitrogens with zero attached hydrogens (tertiary/aromatic N) is 2. The van der Waals surface area contributed by atoms with Crippen LogP contribution in [0.3, 0.4) is 0 Å². The molecular formula is C24H32N2O4. The maximum Gasteiger partial charge on any atom is 0.253 e. The Hall–Kier alpha value is -2.57. The van der Waals surface area contributed by atoms with Crippen molar-refractivity contribution < 1.29 is 19.0 Å². The molecule has 162 valence electrons. The number of rotatable bonds is 8. The van der Waals surface area contributed by atoms with Crippen LogP contribution in [0.1, 0.15) is 24.0 Å². The zero-order valence-corrected chi connectivity index (χ0v) is 18.4. The Morgan fingerprint density at radius 1 is 1.03 bits per heavy atom. The Morgan fingerprint density at radius 3 is 2.33 bits per heavy atom. The van der Waals surface area contributed by atoms with Crippen molar-refractivity contribution >= 4 is 11.6 Å². The van der Waals surface area contributed by atoms with Crippen LogP contribution in [-0.4, -0.2) is 57.9 Å². The lowest BCUT2D eigenvalue weighted by atomic mass is 10.0. The first-order chi connectivity index (χ1) is 14.5. The second-order valence-corrected chi connectivity index (χ2v) is 7.72. The van der Waals surface area contributed by atoms with Crippen molar-refractivity contribution in [2.75, 3.05) is 45.9 Å². The molecule has 0 radical (unpaired) electrons. The van der Waals surface area contributed by atoms with Crippen molar-refractivity contribution in [3.05, 3.63) is 53.6 Å². The topological polar surface area (TPSA) is 51.2 Å². The molecule has 3 rings (SSSR count). The Morgan fingerprint density at radius 2 is 1.73 bits per heavy atom. The SMILES string of the molecule is COCC(=O)N(c1ccc(C)cc1)C1CCN(Cc2ccc(OC)cc2OC)CC1. The first-order valence-corrected chi connectivity index (χ1v) is 10.4. The van der Waals surface area contributed by atoms with Gasteiger partial charge in [-0.05, 0) is 38.0 Å². The third-order valence-corrected chi connectivity index (χ3v) is 5.66. The molecule has 1 heterocycles. The van der Waals surface area contributed by atoms with Gasteiger partial charge in [0.1, 0.15) is 18.1 Å². The standard InChI is InChI=1S/C24H32N2O4/c1-18-5-8-20(9-6-18)26(24(27)17-28-2)21-11-13-25(14-12-21)16-19-7-10-22(29-3)15-23(19)30-4/h5-10,15,21H,11-14,16-17H2,1-4H3. The zero-order valence-electron chi connectivity index (χ0n) is 18.4. The van der Waals surface area contributed by atoms with Crippen molar-refractivity contribution in [2.45, 2.75) is 32.4 Å². The van der Waals surface area contributed by atoms with E-state index in [1.165, 1.54) is 5.56 Å². The van der Waals surface area contributed by atoms with E-state index >= 15 is 0 Å². The van der Waals surface area contributed by atoms with Gasteiger partial charge in [-0.25, -0.2) is 0 Å². The van der Waals surface area contributed by atoms with Gasteiger partial charge in [0.2, 0.25) is 0 Å². The van der Waals surface area contributed by atoms with Crippen LogP contribution < -0.4 is 14.4 Å². The summed E-state index contributed by atoms with van der Waals surface area (Å²) < 4.78 is 16.0. The summed E-state index contributed by atoms with van der Waals surface area (Å²) in [6.07, 6.45) is 1.84. The van der Waals surface area contributed by atoms with Crippen molar-refractivity contribution in [1.82, 2.24) is 4.90 Å². The maximum absolute atomic E-state index is 12.8. The highest BCUT2D eigenvalue weighted by Gasteiger charge is 2.29. The van der Waals surface area contributed by atoms with E-state index < -0.39 is 0 Å². The molecule has 0 unspecified atom stereocenters. The van der Waals surface area contributed by atoms with Crippen LogP contribution in [0, 0.1) is 6.92 Å². The minimum absolute atomic E-state index is 0.0108. The lowest BCUT2D eigenvalue weighted by Gasteiger charge is -2.38. The minimum Gasteiger partial charge on any atom is -0.497 e. The number of hydrogen-bond donors (Lipinski definition) is 0. The van der Waals surface area contributed by atoms with E-state index in [4.69, 9.17) is 14.2 Å². The lowest BCUT2D eigenvalue weighted by Crippen LogP contribution is -2.48. The molecule has 1 saturated heterocycles. The Kier molecular flexibility index (Phi) is 7.71. The van der Waals surface area contributed by atoms with Gasteiger partial charge in [-0.3, -0.25) is 9.69 Å². The van der Waals surface area contributed by atoms with Gasteiger partial charge in [-0.2, -0.15) is 0 Å². The van der Waals surface area contributed by atoms with Gasteiger partial charge in [0, 0.05) is 50.1 Å². The molecule has 0 atom stereocenters. The van der Waals surface area contributed by atoms with Crippen LogP contribution in [0.2, 0.25) is 0 Å². The second-order valence-electron chi connectivity index (χ2n) is 7.72. The lowest BCUT2D eigenvalue weighted by molar-refractivity contribution is -0.122. The number of carbonyl (C=O) groups is 1. The molecule has 0 spiro atoms. The molecule has 1 fully saturated rings. The highest BCUT2D eigenvalue weighted by atomic mass is 16.5. The van der Waals surface area contributed by atoms with Crippen LogP contribution in [0.15, 0.2) is 42.5 Å². The third kappa shape index (κ3) is 5.32. The number of piperidine rings is 1. The quantitative estimate of drug-likeness (QED) is 0.662. The van der Waals surface area contributed by atoms with Gasteiger partial charge < -0.3 is 19.1 Å². The largest absolute Gasteiger partial charge is 0.497 e. The van der Waals surface area contributed by atoms with E-state index in [-0.39, 0.29) is 18.6 Å². The van der Waals surface area contributed by atoms with E-state index in [1.54, 1.807) is 21.3 Å². The summed E-state index contributed by atoms with van der Waals surface area (Å²) in [6, 6.07) is 14.3. The third-order valence-electron chi connectivity index (χ3n) is 5.66. The number of hydrogen-bond acceptors (Lipinski definition) is 5. The fraction of sp³-hybridized carbons (Fsp3) is 0.458. The van der Waals surface area contributed by atoms with Gasteiger partial charge in [-0.15, -0.1) is 0 Å².